The second-order valence-corrected chi connectivity index (χ2v) is 7.98. The van der Waals surface area contributed by atoms with Crippen LogP contribution in [-0.2, 0) is 14.9 Å². The quantitative estimate of drug-likeness (QED) is 0.883. The first-order valence-corrected chi connectivity index (χ1v) is 7.93. The van der Waals surface area contributed by atoms with Crippen LogP contribution in [0.2, 0.25) is 0 Å². The van der Waals surface area contributed by atoms with E-state index < -0.39 is 23.7 Å². The van der Waals surface area contributed by atoms with Crippen molar-refractivity contribution in [3.8, 4) is 0 Å². The first kappa shape index (κ1) is 18.4. The van der Waals surface area contributed by atoms with Crippen LogP contribution in [-0.4, -0.2) is 27.8 Å². The molecular formula is C15H24N2O4S. The summed E-state index contributed by atoms with van der Waals surface area (Å²) in [5.74, 6) is -1.01. The fourth-order valence-electron chi connectivity index (χ4n) is 1.64. The summed E-state index contributed by atoms with van der Waals surface area (Å²) in [7, 11) is 0. The predicted octanol–water partition coefficient (Wildman–Crippen LogP) is 3.48. The normalized spacial score (nSPS) is 13.5. The lowest BCUT2D eigenvalue weighted by molar-refractivity contribution is -0.137. The Balaban J connectivity index is 2.91. The van der Waals surface area contributed by atoms with Crippen LogP contribution < -0.4 is 5.32 Å². The third kappa shape index (κ3) is 6.01. The Hall–Kier alpha value is -1.63. The molecule has 1 amide bonds. The number of thiazole rings is 1. The summed E-state index contributed by atoms with van der Waals surface area (Å²) in [6, 6.07) is -0.709. The highest BCUT2D eigenvalue weighted by Crippen LogP contribution is 2.28. The van der Waals surface area contributed by atoms with Crippen LogP contribution in [0.5, 0.6) is 0 Å². The minimum absolute atomic E-state index is 0.122. The molecule has 0 spiro atoms. The zero-order valence-electron chi connectivity index (χ0n) is 13.9. The number of nitrogens with zero attached hydrogens (tertiary/aromatic N) is 1. The lowest BCUT2D eigenvalue weighted by Gasteiger charge is -2.22. The van der Waals surface area contributed by atoms with Gasteiger partial charge in [0.2, 0.25) is 0 Å². The molecule has 0 bridgehead atoms. The number of hydrogen-bond acceptors (Lipinski definition) is 5. The smallest absolute Gasteiger partial charge is 0.408 e. The van der Waals surface area contributed by atoms with E-state index in [4.69, 9.17) is 9.84 Å². The minimum Gasteiger partial charge on any atom is -0.481 e. The first-order valence-electron chi connectivity index (χ1n) is 7.05. The summed E-state index contributed by atoms with van der Waals surface area (Å²) >= 11 is 1.46. The fraction of sp³-hybridized carbons (Fsp3) is 0.667. The van der Waals surface area contributed by atoms with E-state index in [9.17, 15) is 9.59 Å². The van der Waals surface area contributed by atoms with Crippen LogP contribution in [0.3, 0.4) is 0 Å². The molecule has 1 aromatic rings. The SMILES string of the molecule is CC(C)(C)OC(=O)N[C@H](CC(=O)O)c1csc(C(C)(C)C)n1. The number of aliphatic carboxylic acids is 1. The van der Waals surface area contributed by atoms with Gasteiger partial charge in [-0.1, -0.05) is 20.8 Å². The van der Waals surface area contributed by atoms with Gasteiger partial charge in [0.25, 0.3) is 0 Å². The Morgan fingerprint density at radius 1 is 1.32 bits per heavy atom. The molecule has 1 atom stereocenters. The molecule has 0 aliphatic rings. The van der Waals surface area contributed by atoms with Crippen molar-refractivity contribution in [2.24, 2.45) is 0 Å². The van der Waals surface area contributed by atoms with Gasteiger partial charge in [0.15, 0.2) is 0 Å². The first-order chi connectivity index (χ1) is 9.88. The highest BCUT2D eigenvalue weighted by Gasteiger charge is 2.26. The number of nitrogens with one attached hydrogen (secondary N) is 1. The van der Waals surface area contributed by atoms with Crippen molar-refractivity contribution in [1.82, 2.24) is 10.3 Å². The number of carboxylic acids is 1. The van der Waals surface area contributed by atoms with Crippen LogP contribution in [0.15, 0.2) is 5.38 Å². The number of aromatic nitrogens is 1. The highest BCUT2D eigenvalue weighted by molar-refractivity contribution is 7.09. The number of carbonyl (C=O) groups excluding carboxylic acids is 1. The zero-order chi connectivity index (χ0) is 17.1. The lowest BCUT2D eigenvalue weighted by atomic mass is 9.98. The highest BCUT2D eigenvalue weighted by atomic mass is 32.1. The molecule has 0 saturated carbocycles. The van der Waals surface area contributed by atoms with Gasteiger partial charge in [-0.3, -0.25) is 4.79 Å². The molecule has 2 N–H and O–H groups in total. The van der Waals surface area contributed by atoms with Crippen molar-refractivity contribution in [2.45, 2.75) is 65.0 Å². The summed E-state index contributed by atoms with van der Waals surface area (Å²) in [6.07, 6.45) is -0.893. The number of amides is 1. The van der Waals surface area contributed by atoms with E-state index in [-0.39, 0.29) is 11.8 Å². The van der Waals surface area contributed by atoms with Crippen molar-refractivity contribution >= 4 is 23.4 Å². The molecule has 124 valence electrons. The van der Waals surface area contributed by atoms with Gasteiger partial charge in [0.1, 0.15) is 5.60 Å². The minimum atomic E-state index is -1.01. The van der Waals surface area contributed by atoms with Gasteiger partial charge in [-0.25, -0.2) is 9.78 Å². The van der Waals surface area contributed by atoms with Crippen LogP contribution in [0.25, 0.3) is 0 Å². The third-order valence-corrected chi connectivity index (χ3v) is 3.88. The molecule has 0 aliphatic carbocycles. The van der Waals surface area contributed by atoms with Crippen molar-refractivity contribution < 1.29 is 19.4 Å². The monoisotopic (exact) mass is 328 g/mol. The number of ether oxygens (including phenoxy) is 1. The zero-order valence-corrected chi connectivity index (χ0v) is 14.7. The van der Waals surface area contributed by atoms with E-state index >= 15 is 0 Å². The Morgan fingerprint density at radius 2 is 1.91 bits per heavy atom. The Bertz CT molecular complexity index is 540. The maximum atomic E-state index is 11.9. The molecule has 0 saturated heterocycles. The largest absolute Gasteiger partial charge is 0.481 e. The molecule has 0 aliphatic heterocycles. The Kier molecular flexibility index (Phi) is 5.56. The van der Waals surface area contributed by atoms with Crippen LogP contribution >= 0.6 is 11.3 Å². The maximum Gasteiger partial charge on any atom is 0.408 e. The van der Waals surface area contributed by atoms with Crippen molar-refractivity contribution in [2.75, 3.05) is 0 Å². The molecule has 0 aromatic carbocycles. The van der Waals surface area contributed by atoms with E-state index in [0.717, 1.165) is 5.01 Å². The molecule has 22 heavy (non-hydrogen) atoms. The van der Waals surface area contributed by atoms with Gasteiger partial charge in [0, 0.05) is 10.8 Å². The van der Waals surface area contributed by atoms with E-state index in [0.29, 0.717) is 5.69 Å². The molecule has 1 rings (SSSR count). The summed E-state index contributed by atoms with van der Waals surface area (Å²) in [4.78, 5) is 27.4. The van der Waals surface area contributed by atoms with Crippen molar-refractivity contribution in [1.29, 1.82) is 0 Å². The molecule has 0 unspecified atom stereocenters. The van der Waals surface area contributed by atoms with Crippen molar-refractivity contribution in [3.05, 3.63) is 16.1 Å². The number of alkyl carbamates (subject to hydrolysis) is 1. The van der Waals surface area contributed by atoms with E-state index in [1.54, 1.807) is 26.2 Å². The summed E-state index contributed by atoms with van der Waals surface area (Å²) < 4.78 is 5.18. The number of hydrogen-bond donors (Lipinski definition) is 2. The summed E-state index contributed by atoms with van der Waals surface area (Å²) in [6.45, 7) is 11.3. The predicted molar refractivity (Wildman–Crippen MR) is 85.2 cm³/mol. The number of rotatable bonds is 4. The number of carbonyl (C=O) groups is 2. The van der Waals surface area contributed by atoms with Gasteiger partial charge >= 0.3 is 12.1 Å². The topological polar surface area (TPSA) is 88.5 Å². The van der Waals surface area contributed by atoms with Crippen LogP contribution in [0, 0.1) is 0 Å². The average molecular weight is 328 g/mol. The molecule has 1 aromatic heterocycles. The maximum absolute atomic E-state index is 11.9. The average Bonchev–Trinajstić information content (AvgIpc) is 2.72. The van der Waals surface area contributed by atoms with Gasteiger partial charge < -0.3 is 15.2 Å². The van der Waals surface area contributed by atoms with E-state index in [1.165, 1.54) is 11.3 Å². The molecule has 1 heterocycles. The fourth-order valence-corrected chi connectivity index (χ4v) is 2.61. The standard InChI is InChI=1S/C15H24N2O4S/c1-14(2,3)12-16-10(8-22-12)9(7-11(18)19)17-13(20)21-15(4,5)6/h8-9H,7H2,1-6H3,(H,17,20)(H,18,19)/t9-/m1/s1. The second-order valence-electron chi connectivity index (χ2n) is 7.12. The molecule has 6 nitrogen and oxygen atoms in total. The lowest BCUT2D eigenvalue weighted by Crippen LogP contribution is -2.36. The van der Waals surface area contributed by atoms with Crippen LogP contribution in [0.4, 0.5) is 4.79 Å². The Morgan fingerprint density at radius 3 is 2.32 bits per heavy atom. The van der Waals surface area contributed by atoms with E-state index in [1.807, 2.05) is 20.8 Å². The van der Waals surface area contributed by atoms with Gasteiger partial charge in [-0.2, -0.15) is 0 Å². The molecular weight excluding hydrogens is 304 g/mol. The van der Waals surface area contributed by atoms with E-state index in [2.05, 4.69) is 10.3 Å². The third-order valence-electron chi connectivity index (χ3n) is 2.59. The molecule has 0 fully saturated rings. The van der Waals surface area contributed by atoms with Gasteiger partial charge in [-0.05, 0) is 20.8 Å². The molecule has 7 heteroatoms. The summed E-state index contributed by atoms with van der Waals surface area (Å²) in [5, 5.41) is 14.3. The Labute approximate surface area is 134 Å². The molecule has 0 radical (unpaired) electrons. The van der Waals surface area contributed by atoms with Gasteiger partial charge in [-0.15, -0.1) is 11.3 Å². The van der Waals surface area contributed by atoms with Crippen LogP contribution in [0.1, 0.15) is 64.7 Å². The summed E-state index contributed by atoms with van der Waals surface area (Å²) in [5.41, 5.74) is -0.220. The second kappa shape index (κ2) is 6.64. The van der Waals surface area contributed by atoms with Crippen molar-refractivity contribution in [3.63, 3.8) is 0 Å². The van der Waals surface area contributed by atoms with Gasteiger partial charge in [0.05, 0.1) is 23.2 Å². The number of carboxylic acid groups (broad SMARTS) is 1.